The highest BCUT2D eigenvalue weighted by molar-refractivity contribution is 6.02. The zero-order valence-corrected chi connectivity index (χ0v) is 15.5. The minimum absolute atomic E-state index is 0.0435. The Labute approximate surface area is 167 Å². The second-order valence-corrected chi connectivity index (χ2v) is 7.25. The number of phenolic OH excluding ortho intramolecular Hbond substituents is 2. The molecule has 0 aromatic heterocycles. The minimum atomic E-state index is -0.979. The molecule has 0 fully saturated rings. The number of carbonyl (C=O) groups excluding carboxylic acids is 1. The van der Waals surface area contributed by atoms with E-state index in [1.165, 1.54) is 12.1 Å². The zero-order valence-electron chi connectivity index (χ0n) is 15.5. The molecule has 0 radical (unpaired) electrons. The van der Waals surface area contributed by atoms with Crippen LogP contribution in [-0.4, -0.2) is 39.3 Å². The van der Waals surface area contributed by atoms with Gasteiger partial charge in [-0.3, -0.25) is 4.79 Å². The van der Waals surface area contributed by atoms with Crippen LogP contribution in [0.3, 0.4) is 0 Å². The van der Waals surface area contributed by atoms with Crippen molar-refractivity contribution in [1.82, 2.24) is 4.90 Å². The molecular formula is C23H19NO5. The van der Waals surface area contributed by atoms with Crippen molar-refractivity contribution >= 4 is 5.91 Å². The average Bonchev–Trinajstić information content (AvgIpc) is 2.95. The molecular weight excluding hydrogens is 370 g/mol. The molecule has 3 aromatic rings. The normalized spacial score (nSPS) is 15.6. The van der Waals surface area contributed by atoms with Gasteiger partial charge in [-0.15, -0.1) is 0 Å². The van der Waals surface area contributed by atoms with Gasteiger partial charge < -0.3 is 25.0 Å². The molecule has 2 aliphatic heterocycles. The second kappa shape index (κ2) is 6.25. The molecule has 0 unspecified atom stereocenters. The van der Waals surface area contributed by atoms with E-state index in [1.807, 2.05) is 18.2 Å². The summed E-state index contributed by atoms with van der Waals surface area (Å²) in [5, 5.41) is 29.5. The van der Waals surface area contributed by atoms with Crippen LogP contribution in [-0.2, 0) is 5.54 Å². The first-order chi connectivity index (χ1) is 14.1. The Balaban J connectivity index is 1.90. The lowest BCUT2D eigenvalue weighted by atomic mass is 9.74. The van der Waals surface area contributed by atoms with Crippen molar-refractivity contribution in [2.24, 2.45) is 0 Å². The molecule has 3 aromatic carbocycles. The van der Waals surface area contributed by atoms with Crippen molar-refractivity contribution in [1.29, 1.82) is 0 Å². The van der Waals surface area contributed by atoms with Crippen LogP contribution >= 0.6 is 0 Å². The van der Waals surface area contributed by atoms with Crippen molar-refractivity contribution in [3.8, 4) is 23.0 Å². The van der Waals surface area contributed by atoms with Crippen LogP contribution in [0, 0.1) is 0 Å². The largest absolute Gasteiger partial charge is 0.508 e. The smallest absolute Gasteiger partial charge is 0.255 e. The predicted octanol–water partition coefficient (Wildman–Crippen LogP) is 3.33. The van der Waals surface area contributed by atoms with Crippen LogP contribution in [0.4, 0.5) is 0 Å². The summed E-state index contributed by atoms with van der Waals surface area (Å²) in [7, 11) is 0. The van der Waals surface area contributed by atoms with Gasteiger partial charge in [0.2, 0.25) is 0 Å². The van der Waals surface area contributed by atoms with Crippen molar-refractivity contribution in [3.05, 3.63) is 82.9 Å². The molecule has 0 saturated carbocycles. The van der Waals surface area contributed by atoms with Crippen LogP contribution in [0.15, 0.2) is 60.7 Å². The summed E-state index contributed by atoms with van der Waals surface area (Å²) >= 11 is 0. The molecule has 2 aliphatic rings. The number of ether oxygens (including phenoxy) is 1. The van der Waals surface area contributed by atoms with E-state index in [-0.39, 0.29) is 24.0 Å². The first-order valence-corrected chi connectivity index (χ1v) is 9.44. The lowest BCUT2D eigenvalue weighted by Gasteiger charge is -2.44. The van der Waals surface area contributed by atoms with E-state index in [2.05, 4.69) is 0 Å². The number of aliphatic hydroxyl groups excluding tert-OH is 1. The van der Waals surface area contributed by atoms with Gasteiger partial charge in [-0.1, -0.05) is 18.2 Å². The molecule has 5 rings (SSSR count). The van der Waals surface area contributed by atoms with Gasteiger partial charge in [-0.25, -0.2) is 0 Å². The summed E-state index contributed by atoms with van der Waals surface area (Å²) in [6.45, 7) is 0.294. The van der Waals surface area contributed by atoms with E-state index in [0.717, 1.165) is 16.7 Å². The third-order valence-corrected chi connectivity index (χ3v) is 5.67. The number of carbonyl (C=O) groups is 1. The Hall–Kier alpha value is -3.51. The van der Waals surface area contributed by atoms with Crippen LogP contribution in [0.5, 0.6) is 23.0 Å². The SMILES string of the molecule is O=C1c2ccccc2C2(c3ccc(O)cc3Oc3cc(O)ccc32)N1CCCO. The lowest BCUT2D eigenvalue weighted by Crippen LogP contribution is -2.47. The third kappa shape index (κ3) is 2.29. The third-order valence-electron chi connectivity index (χ3n) is 5.67. The summed E-state index contributed by atoms with van der Waals surface area (Å²) in [5.74, 6) is 0.793. The number of hydrogen-bond donors (Lipinski definition) is 3. The number of rotatable bonds is 3. The van der Waals surface area contributed by atoms with Gasteiger partial charge in [-0.2, -0.15) is 0 Å². The molecule has 2 heterocycles. The molecule has 6 nitrogen and oxygen atoms in total. The molecule has 0 bridgehead atoms. The molecule has 29 heavy (non-hydrogen) atoms. The summed E-state index contributed by atoms with van der Waals surface area (Å²) in [6, 6.07) is 17.1. The van der Waals surface area contributed by atoms with Crippen molar-refractivity contribution < 1.29 is 24.9 Å². The fourth-order valence-corrected chi connectivity index (χ4v) is 4.56. The zero-order chi connectivity index (χ0) is 20.2. The standard InChI is InChI=1S/C23H19NO5/c25-11-3-10-24-22(28)16-4-1-2-5-17(16)23(24)18-8-6-14(26)12-20(18)29-21-13-15(27)7-9-19(21)23/h1-2,4-9,12-13,25-27H,3,10-11H2. The van der Waals surface area contributed by atoms with Crippen LogP contribution in [0.1, 0.15) is 33.5 Å². The van der Waals surface area contributed by atoms with E-state index in [9.17, 15) is 20.1 Å². The summed E-state index contributed by atoms with van der Waals surface area (Å²) in [4.78, 5) is 15.2. The van der Waals surface area contributed by atoms with Gasteiger partial charge in [0.15, 0.2) is 0 Å². The van der Waals surface area contributed by atoms with Gasteiger partial charge in [0.05, 0.1) is 0 Å². The molecule has 1 amide bonds. The van der Waals surface area contributed by atoms with E-state index in [0.29, 0.717) is 30.0 Å². The van der Waals surface area contributed by atoms with Gasteiger partial charge >= 0.3 is 0 Å². The molecule has 1 spiro atoms. The molecule has 6 heteroatoms. The van der Waals surface area contributed by atoms with Gasteiger partial charge in [-0.05, 0) is 42.3 Å². The first kappa shape index (κ1) is 17.6. The first-order valence-electron chi connectivity index (χ1n) is 9.44. The highest BCUT2D eigenvalue weighted by atomic mass is 16.5. The molecule has 146 valence electrons. The fraction of sp³-hybridized carbons (Fsp3) is 0.174. The van der Waals surface area contributed by atoms with E-state index in [4.69, 9.17) is 4.74 Å². The fourth-order valence-electron chi connectivity index (χ4n) is 4.56. The second-order valence-electron chi connectivity index (χ2n) is 7.25. The molecule has 0 aliphatic carbocycles. The number of hydrogen-bond acceptors (Lipinski definition) is 5. The van der Waals surface area contributed by atoms with Gasteiger partial charge in [0.1, 0.15) is 28.5 Å². The maximum absolute atomic E-state index is 13.4. The van der Waals surface area contributed by atoms with Gasteiger partial charge in [0, 0.05) is 42.0 Å². The summed E-state index contributed by atoms with van der Waals surface area (Å²) in [5.41, 5.74) is 1.87. The number of phenols is 2. The lowest BCUT2D eigenvalue weighted by molar-refractivity contribution is 0.0649. The highest BCUT2D eigenvalue weighted by Gasteiger charge is 2.55. The summed E-state index contributed by atoms with van der Waals surface area (Å²) < 4.78 is 6.02. The van der Waals surface area contributed by atoms with Crippen molar-refractivity contribution in [2.45, 2.75) is 12.0 Å². The van der Waals surface area contributed by atoms with Crippen LogP contribution in [0.25, 0.3) is 0 Å². The Kier molecular flexibility index (Phi) is 3.79. The van der Waals surface area contributed by atoms with Crippen LogP contribution < -0.4 is 4.74 Å². The molecule has 0 saturated heterocycles. The topological polar surface area (TPSA) is 90.2 Å². The highest BCUT2D eigenvalue weighted by Crippen LogP contribution is 2.58. The molecule has 0 atom stereocenters. The monoisotopic (exact) mass is 389 g/mol. The van der Waals surface area contributed by atoms with Gasteiger partial charge in [0.25, 0.3) is 5.91 Å². The minimum Gasteiger partial charge on any atom is -0.508 e. The Morgan fingerprint density at radius 2 is 1.48 bits per heavy atom. The van der Waals surface area contributed by atoms with E-state index in [1.54, 1.807) is 35.2 Å². The number of nitrogens with zero attached hydrogens (tertiary/aromatic N) is 1. The number of benzene rings is 3. The molecule has 3 N–H and O–H groups in total. The van der Waals surface area contributed by atoms with Crippen LogP contribution in [0.2, 0.25) is 0 Å². The Morgan fingerprint density at radius 3 is 2.10 bits per heavy atom. The number of fused-ring (bicyclic) bond motifs is 6. The van der Waals surface area contributed by atoms with Crippen molar-refractivity contribution in [2.75, 3.05) is 13.2 Å². The van der Waals surface area contributed by atoms with Crippen molar-refractivity contribution in [3.63, 3.8) is 0 Å². The maximum Gasteiger partial charge on any atom is 0.255 e. The Morgan fingerprint density at radius 1 is 0.862 bits per heavy atom. The predicted molar refractivity (Wildman–Crippen MR) is 105 cm³/mol. The number of amides is 1. The maximum atomic E-state index is 13.4. The Bertz CT molecular complexity index is 1090. The summed E-state index contributed by atoms with van der Waals surface area (Å²) in [6.07, 6.45) is 0.420. The van der Waals surface area contributed by atoms with E-state index < -0.39 is 5.54 Å². The number of aliphatic hydroxyl groups is 1. The quantitative estimate of drug-likeness (QED) is 0.639. The average molecular weight is 389 g/mol. The van der Waals surface area contributed by atoms with E-state index >= 15 is 0 Å². The number of aromatic hydroxyl groups is 2.